The van der Waals surface area contributed by atoms with Gasteiger partial charge in [-0.3, -0.25) is 10.1 Å². The molecule has 0 aliphatic carbocycles. The predicted molar refractivity (Wildman–Crippen MR) is 117 cm³/mol. The zero-order valence-corrected chi connectivity index (χ0v) is 18.0. The van der Waals surface area contributed by atoms with Crippen LogP contribution in [0.25, 0.3) is 0 Å². The van der Waals surface area contributed by atoms with Crippen LogP contribution in [0.1, 0.15) is 10.4 Å². The van der Waals surface area contributed by atoms with Crippen LogP contribution in [0.3, 0.4) is 0 Å². The van der Waals surface area contributed by atoms with Crippen molar-refractivity contribution in [3.05, 3.63) is 58.5 Å². The standard InChI is InChI=1S/C20H19F3N6O3S/c1-24-19(31)29-16-8-12(6-7-25-16)10-26-18-15(33-11-27-18)9-17(30)28-13-2-4-14(5-3-13)32-20(21,22)23/h2-8,11,26H,9-10H2,1H3,(H,28,30)(H2,24,25,29,31). The van der Waals surface area contributed by atoms with Gasteiger partial charge in [-0.1, -0.05) is 0 Å². The van der Waals surface area contributed by atoms with E-state index < -0.39 is 6.36 Å². The molecule has 0 atom stereocenters. The van der Waals surface area contributed by atoms with Crippen molar-refractivity contribution in [3.63, 3.8) is 0 Å². The molecule has 0 unspecified atom stereocenters. The maximum atomic E-state index is 12.4. The van der Waals surface area contributed by atoms with Gasteiger partial charge in [0.15, 0.2) is 0 Å². The van der Waals surface area contributed by atoms with E-state index in [1.54, 1.807) is 23.8 Å². The van der Waals surface area contributed by atoms with Gasteiger partial charge in [0, 0.05) is 25.5 Å². The molecule has 9 nitrogen and oxygen atoms in total. The van der Waals surface area contributed by atoms with E-state index >= 15 is 0 Å². The molecule has 1 aromatic carbocycles. The number of rotatable bonds is 8. The first-order valence-electron chi connectivity index (χ1n) is 9.47. The Hall–Kier alpha value is -3.87. The first-order valence-corrected chi connectivity index (χ1v) is 10.4. The van der Waals surface area contributed by atoms with E-state index in [-0.39, 0.29) is 24.1 Å². The number of halogens is 3. The lowest BCUT2D eigenvalue weighted by Crippen LogP contribution is -2.25. The number of carbonyl (C=O) groups is 2. The Morgan fingerprint density at radius 2 is 1.85 bits per heavy atom. The van der Waals surface area contributed by atoms with Gasteiger partial charge in [-0.15, -0.1) is 24.5 Å². The second-order valence-electron chi connectivity index (χ2n) is 6.53. The van der Waals surface area contributed by atoms with Gasteiger partial charge >= 0.3 is 12.4 Å². The average Bonchev–Trinajstić information content (AvgIpc) is 3.19. The molecule has 0 radical (unpaired) electrons. The fraction of sp³-hybridized carbons (Fsp3) is 0.200. The van der Waals surface area contributed by atoms with Crippen LogP contribution in [-0.2, 0) is 17.8 Å². The van der Waals surface area contributed by atoms with Gasteiger partial charge in [0.05, 0.1) is 16.8 Å². The molecule has 0 spiro atoms. The molecule has 3 amide bonds. The lowest BCUT2D eigenvalue weighted by atomic mass is 10.2. The summed E-state index contributed by atoms with van der Waals surface area (Å²) in [5.41, 5.74) is 2.77. The minimum absolute atomic E-state index is 0.0215. The highest BCUT2D eigenvalue weighted by atomic mass is 32.1. The third kappa shape index (κ3) is 7.64. The number of urea groups is 1. The molecule has 174 valence electrons. The quantitative estimate of drug-likeness (QED) is 0.388. The van der Waals surface area contributed by atoms with Crippen molar-refractivity contribution in [2.24, 2.45) is 0 Å². The van der Waals surface area contributed by atoms with Gasteiger partial charge in [-0.25, -0.2) is 14.8 Å². The summed E-state index contributed by atoms with van der Waals surface area (Å²) in [7, 11) is 1.50. The molecule has 0 aliphatic heterocycles. The first kappa shape index (κ1) is 23.8. The minimum atomic E-state index is -4.78. The Morgan fingerprint density at radius 3 is 2.55 bits per heavy atom. The van der Waals surface area contributed by atoms with Crippen LogP contribution in [0.2, 0.25) is 0 Å². The van der Waals surface area contributed by atoms with Gasteiger partial charge in [0.25, 0.3) is 0 Å². The monoisotopic (exact) mass is 480 g/mol. The summed E-state index contributed by atoms with van der Waals surface area (Å²) in [5.74, 6) is 0.187. The van der Waals surface area contributed by atoms with E-state index in [1.165, 1.54) is 30.5 Å². The summed E-state index contributed by atoms with van der Waals surface area (Å²) in [6, 6.07) is 7.95. The summed E-state index contributed by atoms with van der Waals surface area (Å²) in [6.07, 6.45) is -3.20. The fourth-order valence-electron chi connectivity index (χ4n) is 2.65. The van der Waals surface area contributed by atoms with Crippen molar-refractivity contribution in [1.29, 1.82) is 0 Å². The zero-order chi connectivity index (χ0) is 23.8. The number of benzene rings is 1. The molecule has 33 heavy (non-hydrogen) atoms. The maximum Gasteiger partial charge on any atom is 0.573 e. The van der Waals surface area contributed by atoms with Crippen LogP contribution in [0.5, 0.6) is 5.75 Å². The summed E-state index contributed by atoms with van der Waals surface area (Å²) in [6.45, 7) is 0.379. The number of anilines is 3. The van der Waals surface area contributed by atoms with Crippen molar-refractivity contribution in [3.8, 4) is 5.75 Å². The van der Waals surface area contributed by atoms with E-state index in [0.29, 0.717) is 28.7 Å². The van der Waals surface area contributed by atoms with Gasteiger partial charge in [0.1, 0.15) is 17.4 Å². The van der Waals surface area contributed by atoms with Crippen molar-refractivity contribution < 1.29 is 27.5 Å². The third-order valence-corrected chi connectivity index (χ3v) is 4.92. The Balaban J connectivity index is 1.55. The molecule has 0 fully saturated rings. The highest BCUT2D eigenvalue weighted by molar-refractivity contribution is 7.10. The number of thiazole rings is 1. The number of pyridine rings is 1. The van der Waals surface area contributed by atoms with Crippen LogP contribution in [-0.4, -0.2) is 35.3 Å². The summed E-state index contributed by atoms with van der Waals surface area (Å²) in [4.78, 5) is 32.8. The lowest BCUT2D eigenvalue weighted by molar-refractivity contribution is -0.274. The number of alkyl halides is 3. The maximum absolute atomic E-state index is 12.4. The molecule has 13 heteroatoms. The highest BCUT2D eigenvalue weighted by Gasteiger charge is 2.31. The molecular formula is C20H19F3N6O3S. The number of ether oxygens (including phenoxy) is 1. The minimum Gasteiger partial charge on any atom is -0.406 e. The molecule has 0 saturated carbocycles. The number of hydrogen-bond acceptors (Lipinski definition) is 7. The zero-order valence-electron chi connectivity index (χ0n) is 17.2. The molecule has 0 aliphatic rings. The second kappa shape index (κ2) is 10.6. The first-order chi connectivity index (χ1) is 15.7. The van der Waals surface area contributed by atoms with Gasteiger partial charge < -0.3 is 20.7 Å². The Labute approximate surface area is 190 Å². The molecule has 4 N–H and O–H groups in total. The van der Waals surface area contributed by atoms with Gasteiger partial charge in [-0.05, 0) is 42.0 Å². The van der Waals surface area contributed by atoms with Crippen LogP contribution in [0.15, 0.2) is 48.1 Å². The topological polar surface area (TPSA) is 117 Å². The number of aromatic nitrogens is 2. The van der Waals surface area contributed by atoms with Crippen LogP contribution in [0.4, 0.5) is 35.3 Å². The van der Waals surface area contributed by atoms with E-state index in [9.17, 15) is 22.8 Å². The largest absolute Gasteiger partial charge is 0.573 e. The van der Waals surface area contributed by atoms with Crippen LogP contribution >= 0.6 is 11.3 Å². The third-order valence-electron chi connectivity index (χ3n) is 4.09. The van der Waals surface area contributed by atoms with Gasteiger partial charge in [-0.2, -0.15) is 0 Å². The van der Waals surface area contributed by atoms with Crippen molar-refractivity contribution in [2.45, 2.75) is 19.3 Å². The van der Waals surface area contributed by atoms with E-state index in [4.69, 9.17) is 0 Å². The molecular weight excluding hydrogens is 461 g/mol. The SMILES string of the molecule is CNC(=O)Nc1cc(CNc2ncsc2CC(=O)Nc2ccc(OC(F)(F)F)cc2)ccn1. The number of nitrogens with one attached hydrogen (secondary N) is 4. The molecule has 3 aromatic rings. The fourth-order valence-corrected chi connectivity index (χ4v) is 3.38. The van der Waals surface area contributed by atoms with E-state index in [1.807, 2.05) is 0 Å². The Bertz CT molecular complexity index is 1100. The normalized spacial score (nSPS) is 10.9. The number of hydrogen-bond donors (Lipinski definition) is 4. The summed E-state index contributed by atoms with van der Waals surface area (Å²) in [5, 5.41) is 10.8. The van der Waals surface area contributed by atoms with Crippen molar-refractivity contribution in [1.82, 2.24) is 15.3 Å². The van der Waals surface area contributed by atoms with Gasteiger partial charge in [0.2, 0.25) is 5.91 Å². The number of carbonyl (C=O) groups excluding carboxylic acids is 2. The molecule has 0 saturated heterocycles. The lowest BCUT2D eigenvalue weighted by Gasteiger charge is -2.10. The smallest absolute Gasteiger partial charge is 0.406 e. The summed E-state index contributed by atoms with van der Waals surface area (Å²) >= 11 is 1.29. The molecule has 2 aromatic heterocycles. The number of nitrogens with zero attached hydrogens (tertiary/aromatic N) is 2. The van der Waals surface area contributed by atoms with E-state index in [0.717, 1.165) is 17.7 Å². The summed E-state index contributed by atoms with van der Waals surface area (Å²) < 4.78 is 40.5. The molecule has 2 heterocycles. The van der Waals surface area contributed by atoms with Crippen LogP contribution in [0, 0.1) is 0 Å². The number of amides is 3. The Morgan fingerprint density at radius 1 is 1.09 bits per heavy atom. The van der Waals surface area contributed by atoms with Crippen molar-refractivity contribution >= 4 is 40.6 Å². The predicted octanol–water partition coefficient (Wildman–Crippen LogP) is 3.98. The van der Waals surface area contributed by atoms with Crippen molar-refractivity contribution in [2.75, 3.05) is 23.0 Å². The second-order valence-corrected chi connectivity index (χ2v) is 7.47. The molecule has 3 rings (SSSR count). The molecule has 0 bridgehead atoms. The highest BCUT2D eigenvalue weighted by Crippen LogP contribution is 2.25. The Kier molecular flexibility index (Phi) is 7.66. The van der Waals surface area contributed by atoms with Crippen LogP contribution < -0.4 is 26.0 Å². The van der Waals surface area contributed by atoms with E-state index in [2.05, 4.69) is 36.0 Å². The average molecular weight is 480 g/mol.